The predicted octanol–water partition coefficient (Wildman–Crippen LogP) is 5.66. The molecular formula is C21H19N. The first-order chi connectivity index (χ1) is 10.9. The molecule has 3 aliphatic carbocycles. The number of rotatable bonds is 1. The average Bonchev–Trinajstić information content (AvgIpc) is 2.62. The molecule has 3 aromatic rings. The molecule has 0 unspecified atom stereocenters. The molecule has 0 spiro atoms. The maximum absolute atomic E-state index is 4.69. The van der Waals surface area contributed by atoms with E-state index in [2.05, 4.69) is 53.5 Å². The van der Waals surface area contributed by atoms with E-state index < -0.39 is 0 Å². The number of aromatic nitrogens is 1. The minimum Gasteiger partial charge on any atom is -0.256 e. The number of fused-ring (bicyclic) bond motifs is 3. The van der Waals surface area contributed by atoms with Crippen molar-refractivity contribution in [3.05, 3.63) is 65.9 Å². The van der Waals surface area contributed by atoms with Gasteiger partial charge in [0.25, 0.3) is 0 Å². The Morgan fingerprint density at radius 1 is 0.727 bits per heavy atom. The van der Waals surface area contributed by atoms with Crippen molar-refractivity contribution in [2.24, 2.45) is 0 Å². The third-order valence-corrected chi connectivity index (χ3v) is 5.62. The standard InChI is InChI=1S/C21H19N/c1-2-4-18-13-22-21(12-16(18)3-1)17-9-10-19-14-5-7-15(8-6-14)20(19)11-17/h1-4,9-15H,5-8H2. The highest BCUT2D eigenvalue weighted by Crippen LogP contribution is 2.49. The van der Waals surface area contributed by atoms with Gasteiger partial charge in [-0.3, -0.25) is 4.98 Å². The second-order valence-corrected chi connectivity index (χ2v) is 6.81. The molecule has 1 nitrogen and oxygen atoms in total. The lowest BCUT2D eigenvalue weighted by atomic mass is 9.67. The van der Waals surface area contributed by atoms with Crippen molar-refractivity contribution in [2.45, 2.75) is 37.5 Å². The van der Waals surface area contributed by atoms with Gasteiger partial charge in [0.15, 0.2) is 0 Å². The zero-order valence-electron chi connectivity index (χ0n) is 12.6. The minimum absolute atomic E-state index is 0.792. The quantitative estimate of drug-likeness (QED) is 0.562. The van der Waals surface area contributed by atoms with Crippen LogP contribution in [0.2, 0.25) is 0 Å². The molecule has 0 amide bonds. The highest BCUT2D eigenvalue weighted by molar-refractivity contribution is 5.85. The van der Waals surface area contributed by atoms with Gasteiger partial charge in [0, 0.05) is 17.1 Å². The van der Waals surface area contributed by atoms with Crippen LogP contribution in [-0.4, -0.2) is 4.98 Å². The van der Waals surface area contributed by atoms with E-state index in [1.807, 2.05) is 6.20 Å². The van der Waals surface area contributed by atoms with Crippen LogP contribution in [0.25, 0.3) is 22.0 Å². The number of pyridine rings is 1. The fourth-order valence-corrected chi connectivity index (χ4v) is 4.42. The van der Waals surface area contributed by atoms with Gasteiger partial charge in [0.2, 0.25) is 0 Å². The summed E-state index contributed by atoms with van der Waals surface area (Å²) in [6, 6.07) is 17.7. The van der Waals surface area contributed by atoms with Crippen LogP contribution in [0.15, 0.2) is 54.7 Å². The average molecular weight is 285 g/mol. The van der Waals surface area contributed by atoms with Crippen LogP contribution in [0.1, 0.15) is 48.6 Å². The van der Waals surface area contributed by atoms with Gasteiger partial charge >= 0.3 is 0 Å². The Balaban J connectivity index is 1.64. The molecule has 2 bridgehead atoms. The second-order valence-electron chi connectivity index (χ2n) is 6.81. The number of benzene rings is 2. The molecule has 3 aliphatic rings. The Morgan fingerprint density at radius 2 is 1.45 bits per heavy atom. The Hall–Kier alpha value is -2.15. The third kappa shape index (κ3) is 1.81. The van der Waals surface area contributed by atoms with Crippen LogP contribution in [0.4, 0.5) is 0 Å². The van der Waals surface area contributed by atoms with Crippen LogP contribution < -0.4 is 0 Å². The van der Waals surface area contributed by atoms with E-state index in [9.17, 15) is 0 Å². The maximum atomic E-state index is 4.69. The molecule has 1 heterocycles. The van der Waals surface area contributed by atoms with E-state index >= 15 is 0 Å². The third-order valence-electron chi connectivity index (χ3n) is 5.62. The zero-order chi connectivity index (χ0) is 14.5. The fourth-order valence-electron chi connectivity index (χ4n) is 4.42. The monoisotopic (exact) mass is 285 g/mol. The number of hydrogen-bond acceptors (Lipinski definition) is 1. The topological polar surface area (TPSA) is 12.9 Å². The first-order valence-electron chi connectivity index (χ1n) is 8.37. The largest absolute Gasteiger partial charge is 0.256 e. The lowest BCUT2D eigenvalue weighted by Gasteiger charge is -2.38. The van der Waals surface area contributed by atoms with Crippen LogP contribution in [0.5, 0.6) is 0 Å². The second kappa shape index (κ2) is 4.67. The molecule has 0 saturated heterocycles. The fraction of sp³-hybridized carbons (Fsp3) is 0.286. The van der Waals surface area contributed by atoms with Crippen molar-refractivity contribution in [3.63, 3.8) is 0 Å². The van der Waals surface area contributed by atoms with Gasteiger partial charge in [-0.15, -0.1) is 0 Å². The smallest absolute Gasteiger partial charge is 0.0708 e. The first kappa shape index (κ1) is 12.4. The molecule has 0 N–H and O–H groups in total. The van der Waals surface area contributed by atoms with Gasteiger partial charge in [-0.1, -0.05) is 36.4 Å². The molecule has 0 aliphatic heterocycles. The van der Waals surface area contributed by atoms with Gasteiger partial charge in [-0.25, -0.2) is 0 Å². The van der Waals surface area contributed by atoms with Crippen LogP contribution in [-0.2, 0) is 0 Å². The van der Waals surface area contributed by atoms with Gasteiger partial charge in [-0.05, 0) is 66.2 Å². The van der Waals surface area contributed by atoms with E-state index in [0.717, 1.165) is 17.5 Å². The minimum atomic E-state index is 0.792. The van der Waals surface area contributed by atoms with E-state index in [0.29, 0.717) is 0 Å². The summed E-state index contributed by atoms with van der Waals surface area (Å²) in [5, 5.41) is 2.48. The number of hydrogen-bond donors (Lipinski definition) is 0. The van der Waals surface area contributed by atoms with Crippen molar-refractivity contribution in [1.29, 1.82) is 0 Å². The molecule has 0 radical (unpaired) electrons. The van der Waals surface area contributed by atoms with Crippen molar-refractivity contribution in [1.82, 2.24) is 4.98 Å². The summed E-state index contributed by atoms with van der Waals surface area (Å²) in [5.74, 6) is 1.61. The zero-order valence-corrected chi connectivity index (χ0v) is 12.6. The van der Waals surface area contributed by atoms with Gasteiger partial charge in [0.1, 0.15) is 0 Å². The summed E-state index contributed by atoms with van der Waals surface area (Å²) < 4.78 is 0. The lowest BCUT2D eigenvalue weighted by molar-refractivity contribution is 0.359. The maximum Gasteiger partial charge on any atom is 0.0708 e. The van der Waals surface area contributed by atoms with E-state index in [1.165, 1.54) is 42.0 Å². The van der Waals surface area contributed by atoms with E-state index in [-0.39, 0.29) is 0 Å². The molecule has 1 aromatic heterocycles. The van der Waals surface area contributed by atoms with E-state index in [4.69, 9.17) is 0 Å². The Kier molecular flexibility index (Phi) is 2.63. The highest BCUT2D eigenvalue weighted by atomic mass is 14.7. The SMILES string of the molecule is c1ccc2cc(-c3ccc4c(c3)C3CCC4CC3)ncc2c1. The Morgan fingerprint density at radius 3 is 2.27 bits per heavy atom. The van der Waals surface area contributed by atoms with Gasteiger partial charge < -0.3 is 0 Å². The van der Waals surface area contributed by atoms with Crippen LogP contribution >= 0.6 is 0 Å². The summed E-state index contributed by atoms with van der Waals surface area (Å²) in [4.78, 5) is 4.69. The summed E-state index contributed by atoms with van der Waals surface area (Å²) in [5.41, 5.74) is 5.60. The van der Waals surface area contributed by atoms with Gasteiger partial charge in [0.05, 0.1) is 5.69 Å². The summed E-state index contributed by atoms with van der Waals surface area (Å²) in [6.07, 6.45) is 7.55. The molecule has 1 heteroatoms. The predicted molar refractivity (Wildman–Crippen MR) is 91.1 cm³/mol. The summed E-state index contributed by atoms with van der Waals surface area (Å²) >= 11 is 0. The lowest BCUT2D eigenvalue weighted by Crippen LogP contribution is -2.21. The van der Waals surface area contributed by atoms with Crippen molar-refractivity contribution in [2.75, 3.05) is 0 Å². The molecule has 1 saturated carbocycles. The molecular weight excluding hydrogens is 266 g/mol. The van der Waals surface area contributed by atoms with Crippen molar-refractivity contribution < 1.29 is 0 Å². The summed E-state index contributed by atoms with van der Waals surface area (Å²) in [6.45, 7) is 0. The Bertz CT molecular complexity index is 857. The van der Waals surface area contributed by atoms with Crippen molar-refractivity contribution in [3.8, 4) is 11.3 Å². The molecule has 6 rings (SSSR count). The Labute approximate surface area is 131 Å². The number of nitrogens with zero attached hydrogens (tertiary/aromatic N) is 1. The van der Waals surface area contributed by atoms with Gasteiger partial charge in [-0.2, -0.15) is 0 Å². The van der Waals surface area contributed by atoms with Crippen molar-refractivity contribution >= 4 is 10.8 Å². The normalized spacial score (nSPS) is 22.7. The van der Waals surface area contributed by atoms with Crippen LogP contribution in [0.3, 0.4) is 0 Å². The van der Waals surface area contributed by atoms with Crippen LogP contribution in [0, 0.1) is 0 Å². The molecule has 2 aromatic carbocycles. The molecule has 1 fully saturated rings. The first-order valence-corrected chi connectivity index (χ1v) is 8.37. The van der Waals surface area contributed by atoms with E-state index in [1.54, 1.807) is 11.1 Å². The molecule has 108 valence electrons. The highest BCUT2D eigenvalue weighted by Gasteiger charge is 2.32. The molecule has 0 atom stereocenters. The summed E-state index contributed by atoms with van der Waals surface area (Å²) in [7, 11) is 0. The molecule has 22 heavy (non-hydrogen) atoms.